The van der Waals surface area contributed by atoms with Gasteiger partial charge in [-0.15, -0.1) is 0 Å². The molecule has 4 aromatic rings. The summed E-state index contributed by atoms with van der Waals surface area (Å²) in [6.07, 6.45) is 5.02. The predicted octanol–water partition coefficient (Wildman–Crippen LogP) is 7.04. The number of carbonyl (C=O) groups is 2. The van der Waals surface area contributed by atoms with Crippen LogP contribution in [0.25, 0.3) is 0 Å². The van der Waals surface area contributed by atoms with Gasteiger partial charge in [0.05, 0.1) is 11.9 Å². The van der Waals surface area contributed by atoms with Crippen LogP contribution in [0.5, 0.6) is 5.75 Å². The molecule has 0 bridgehead atoms. The fourth-order valence-corrected chi connectivity index (χ4v) is 7.21. The molecule has 0 aliphatic heterocycles. The SMILES string of the molecule is CS(=O)(=O)N(CC(=O)N(Cc1c(Cl)cccc1Cl)[C@H](Cc1ccccc1)C(=O)NC1CCCC1)c1ccc(OCc2ccccc2)cc1. The number of carbonyl (C=O) groups excluding carboxylic acids is 2. The molecule has 0 spiro atoms. The van der Waals surface area contributed by atoms with Crippen LogP contribution in [0.1, 0.15) is 42.4 Å². The first kappa shape index (κ1) is 35.3. The number of sulfonamides is 1. The average molecular weight is 709 g/mol. The van der Waals surface area contributed by atoms with Crippen molar-refractivity contribution in [3.63, 3.8) is 0 Å². The Morgan fingerprint density at radius 3 is 2.00 bits per heavy atom. The lowest BCUT2D eigenvalue weighted by atomic mass is 10.0. The lowest BCUT2D eigenvalue weighted by Gasteiger charge is -2.34. The van der Waals surface area contributed by atoms with Crippen LogP contribution < -0.4 is 14.4 Å². The topological polar surface area (TPSA) is 96.0 Å². The molecule has 1 aliphatic carbocycles. The number of benzene rings is 4. The summed E-state index contributed by atoms with van der Waals surface area (Å²) in [5, 5.41) is 3.82. The summed E-state index contributed by atoms with van der Waals surface area (Å²) < 4.78 is 33.3. The van der Waals surface area contributed by atoms with Gasteiger partial charge in [0, 0.05) is 34.6 Å². The van der Waals surface area contributed by atoms with Crippen LogP contribution in [0.2, 0.25) is 10.0 Å². The van der Waals surface area contributed by atoms with Crippen LogP contribution in [-0.2, 0) is 39.2 Å². The highest BCUT2D eigenvalue weighted by Crippen LogP contribution is 2.29. The molecule has 1 N–H and O–H groups in total. The molecule has 252 valence electrons. The van der Waals surface area contributed by atoms with Gasteiger partial charge in [-0.2, -0.15) is 0 Å². The fourth-order valence-electron chi connectivity index (χ4n) is 5.84. The van der Waals surface area contributed by atoms with Gasteiger partial charge in [-0.3, -0.25) is 13.9 Å². The van der Waals surface area contributed by atoms with Crippen molar-refractivity contribution in [1.29, 1.82) is 0 Å². The van der Waals surface area contributed by atoms with Gasteiger partial charge in [-0.25, -0.2) is 8.42 Å². The highest BCUT2D eigenvalue weighted by atomic mass is 35.5. The second-order valence-corrected chi connectivity index (χ2v) is 14.7. The van der Waals surface area contributed by atoms with Gasteiger partial charge in [0.15, 0.2) is 0 Å². The van der Waals surface area contributed by atoms with Crippen molar-refractivity contribution in [1.82, 2.24) is 10.2 Å². The van der Waals surface area contributed by atoms with Crippen molar-refractivity contribution >= 4 is 50.7 Å². The molecule has 2 amide bonds. The van der Waals surface area contributed by atoms with Crippen molar-refractivity contribution in [3.05, 3.63) is 130 Å². The lowest BCUT2D eigenvalue weighted by Crippen LogP contribution is -2.54. The Kier molecular flexibility index (Phi) is 12.0. The third kappa shape index (κ3) is 9.52. The van der Waals surface area contributed by atoms with Crippen molar-refractivity contribution < 1.29 is 22.7 Å². The largest absolute Gasteiger partial charge is 0.489 e. The van der Waals surface area contributed by atoms with E-state index in [-0.39, 0.29) is 30.6 Å². The van der Waals surface area contributed by atoms with E-state index in [4.69, 9.17) is 27.9 Å². The van der Waals surface area contributed by atoms with E-state index in [2.05, 4.69) is 5.32 Å². The van der Waals surface area contributed by atoms with Gasteiger partial charge in [-0.1, -0.05) is 103 Å². The summed E-state index contributed by atoms with van der Waals surface area (Å²) in [5.41, 5.74) is 2.58. The van der Waals surface area contributed by atoms with E-state index in [9.17, 15) is 18.0 Å². The number of nitrogens with zero attached hydrogens (tertiary/aromatic N) is 2. The highest BCUT2D eigenvalue weighted by molar-refractivity contribution is 7.92. The summed E-state index contributed by atoms with van der Waals surface area (Å²) >= 11 is 13.1. The molecule has 0 heterocycles. The Hall–Kier alpha value is -4.05. The second-order valence-electron chi connectivity index (χ2n) is 12.0. The molecular formula is C37H39Cl2N3O5S. The van der Waals surface area contributed by atoms with Crippen LogP contribution in [0.3, 0.4) is 0 Å². The highest BCUT2D eigenvalue weighted by Gasteiger charge is 2.35. The van der Waals surface area contributed by atoms with E-state index in [1.54, 1.807) is 42.5 Å². The van der Waals surface area contributed by atoms with Gasteiger partial charge in [0.1, 0.15) is 24.9 Å². The van der Waals surface area contributed by atoms with Gasteiger partial charge in [0.25, 0.3) is 0 Å². The standard InChI is InChI=1S/C37H39Cl2N3O5S/c1-48(45,46)42(30-19-21-31(22-20-30)47-26-28-13-6-3-7-14-28)25-36(43)41(24-32-33(38)17-10-18-34(32)39)35(23-27-11-4-2-5-12-27)37(44)40-29-15-8-9-16-29/h2-7,10-14,17-22,29,35H,8-9,15-16,23-26H2,1H3,(H,40,44)/t35-/m1/s1. The summed E-state index contributed by atoms with van der Waals surface area (Å²) in [4.78, 5) is 29.9. The zero-order valence-corrected chi connectivity index (χ0v) is 29.1. The Morgan fingerprint density at radius 1 is 0.833 bits per heavy atom. The number of hydrogen-bond acceptors (Lipinski definition) is 5. The van der Waals surface area contributed by atoms with Gasteiger partial charge in [-0.05, 0) is 60.4 Å². The second kappa shape index (κ2) is 16.4. The van der Waals surface area contributed by atoms with E-state index in [1.807, 2.05) is 60.7 Å². The number of halogens is 2. The summed E-state index contributed by atoms with van der Waals surface area (Å²) in [6, 6.07) is 29.7. The summed E-state index contributed by atoms with van der Waals surface area (Å²) in [6.45, 7) is -0.302. The van der Waals surface area contributed by atoms with Gasteiger partial charge < -0.3 is 15.0 Å². The Labute approximate surface area is 292 Å². The molecular weight excluding hydrogens is 669 g/mol. The quantitative estimate of drug-likeness (QED) is 0.152. The van der Waals surface area contributed by atoms with Crippen LogP contribution >= 0.6 is 23.2 Å². The minimum atomic E-state index is -3.93. The zero-order valence-electron chi connectivity index (χ0n) is 26.7. The molecule has 5 rings (SSSR count). The number of anilines is 1. The van der Waals surface area contributed by atoms with Crippen molar-refractivity contribution in [2.45, 2.75) is 57.3 Å². The van der Waals surface area contributed by atoms with Gasteiger partial charge >= 0.3 is 0 Å². The molecule has 11 heteroatoms. The van der Waals surface area contributed by atoms with Crippen LogP contribution in [0, 0.1) is 0 Å². The summed E-state index contributed by atoms with van der Waals surface area (Å²) in [5.74, 6) is -0.347. The van der Waals surface area contributed by atoms with Gasteiger partial charge in [0.2, 0.25) is 21.8 Å². The molecule has 0 aromatic heterocycles. The first-order chi connectivity index (χ1) is 23.1. The molecule has 1 saturated carbocycles. The van der Waals surface area contributed by atoms with E-state index in [0.717, 1.165) is 47.4 Å². The van der Waals surface area contributed by atoms with E-state index in [1.165, 1.54) is 4.90 Å². The molecule has 1 fully saturated rings. The summed E-state index contributed by atoms with van der Waals surface area (Å²) in [7, 11) is -3.93. The van der Waals surface area contributed by atoms with Crippen molar-refractivity contribution in [3.8, 4) is 5.75 Å². The zero-order chi connectivity index (χ0) is 34.1. The monoisotopic (exact) mass is 707 g/mol. The maximum atomic E-state index is 14.4. The molecule has 0 unspecified atom stereocenters. The molecule has 0 radical (unpaired) electrons. The van der Waals surface area contributed by atoms with E-state index in [0.29, 0.717) is 28.0 Å². The molecule has 0 saturated heterocycles. The minimum absolute atomic E-state index is 0.00627. The van der Waals surface area contributed by atoms with E-state index < -0.39 is 28.5 Å². The Morgan fingerprint density at radius 2 is 1.42 bits per heavy atom. The molecule has 1 aliphatic rings. The first-order valence-corrected chi connectivity index (χ1v) is 18.5. The Balaban J connectivity index is 1.46. The van der Waals surface area contributed by atoms with E-state index >= 15 is 0 Å². The minimum Gasteiger partial charge on any atom is -0.489 e. The average Bonchev–Trinajstić information content (AvgIpc) is 3.59. The number of rotatable bonds is 14. The number of hydrogen-bond donors (Lipinski definition) is 1. The smallest absolute Gasteiger partial charge is 0.244 e. The first-order valence-electron chi connectivity index (χ1n) is 15.9. The number of ether oxygens (including phenoxy) is 1. The van der Waals surface area contributed by atoms with Crippen LogP contribution in [0.4, 0.5) is 5.69 Å². The van der Waals surface area contributed by atoms with Crippen LogP contribution in [-0.4, -0.2) is 50.0 Å². The normalized spacial score (nSPS) is 13.9. The number of amides is 2. The van der Waals surface area contributed by atoms with Crippen LogP contribution in [0.15, 0.2) is 103 Å². The molecule has 48 heavy (non-hydrogen) atoms. The van der Waals surface area contributed by atoms with Crippen molar-refractivity contribution in [2.24, 2.45) is 0 Å². The third-order valence-electron chi connectivity index (χ3n) is 8.42. The fraction of sp³-hybridized carbons (Fsp3) is 0.297. The maximum absolute atomic E-state index is 14.4. The van der Waals surface area contributed by atoms with Crippen molar-refractivity contribution in [2.75, 3.05) is 17.1 Å². The number of nitrogens with one attached hydrogen (secondary N) is 1. The molecule has 4 aromatic carbocycles. The third-order valence-corrected chi connectivity index (χ3v) is 10.3. The molecule has 8 nitrogen and oxygen atoms in total. The maximum Gasteiger partial charge on any atom is 0.244 e. The predicted molar refractivity (Wildman–Crippen MR) is 191 cm³/mol. The lowest BCUT2D eigenvalue weighted by molar-refractivity contribution is -0.140. The Bertz CT molecular complexity index is 1760. The molecule has 1 atom stereocenters.